The lowest BCUT2D eigenvalue weighted by Gasteiger charge is -1.92. The van der Waals surface area contributed by atoms with Crippen LogP contribution in [0.15, 0.2) is 11.1 Å². The maximum atomic E-state index is 10.8. The molecule has 0 saturated heterocycles. The molecule has 0 unspecified atom stereocenters. The molecule has 0 aliphatic heterocycles. The second-order valence-electron chi connectivity index (χ2n) is 1.63. The van der Waals surface area contributed by atoms with Crippen LogP contribution in [-0.4, -0.2) is 21.5 Å². The van der Waals surface area contributed by atoms with Crippen LogP contribution in [0.4, 0.5) is 0 Å². The van der Waals surface area contributed by atoms with Gasteiger partial charge in [-0.2, -0.15) is 9.77 Å². The number of nitrogens with zero attached hydrogens (tertiary/aromatic N) is 3. The molecule has 0 fully saturated rings. The normalized spacial score (nSPS) is 9.56. The van der Waals surface area contributed by atoms with Crippen molar-refractivity contribution in [2.75, 3.05) is 12.5 Å². The van der Waals surface area contributed by atoms with E-state index >= 15 is 0 Å². The molecule has 1 aromatic heterocycles. The zero-order valence-electron chi connectivity index (χ0n) is 5.33. The molecule has 0 bridgehead atoms. The van der Waals surface area contributed by atoms with Crippen LogP contribution in [0.3, 0.4) is 0 Å². The van der Waals surface area contributed by atoms with Gasteiger partial charge in [0.25, 0.3) is 0 Å². The fraction of sp³-hybridized carbons (Fsp3) is 0.500. The molecule has 0 amide bonds. The summed E-state index contributed by atoms with van der Waals surface area (Å²) < 4.78 is 2.54. The predicted molar refractivity (Wildman–Crippen MR) is 32.8 cm³/mol. The maximum Gasteiger partial charge on any atom is 0.364 e. The molecule has 50 valence electrons. The van der Waals surface area contributed by atoms with Gasteiger partial charge >= 0.3 is 5.69 Å². The van der Waals surface area contributed by atoms with Gasteiger partial charge in [-0.15, -0.1) is 0 Å². The molecule has 1 heterocycles. The third-order valence-electron chi connectivity index (χ3n) is 1.06. The molecule has 9 heavy (non-hydrogen) atoms. The number of aromatic nitrogens is 3. The van der Waals surface area contributed by atoms with Gasteiger partial charge in [-0.1, -0.05) is 0 Å². The largest absolute Gasteiger partial charge is 0.364 e. The van der Waals surface area contributed by atoms with Crippen molar-refractivity contribution in [2.24, 2.45) is 7.05 Å². The predicted octanol–water partition coefficient (Wildman–Crippen LogP) is -1.24. The number of hydrogen-bond donors (Lipinski definition) is 1. The van der Waals surface area contributed by atoms with Crippen LogP contribution in [0.25, 0.3) is 0 Å². The molecule has 0 spiro atoms. The molecule has 0 aromatic carbocycles. The van der Waals surface area contributed by atoms with Crippen LogP contribution >= 0.6 is 0 Å². The van der Waals surface area contributed by atoms with Crippen molar-refractivity contribution in [3.8, 4) is 0 Å². The minimum Gasteiger partial charge on any atom is -0.324 e. The molecule has 0 atom stereocenters. The second-order valence-corrected chi connectivity index (χ2v) is 1.63. The monoisotopic (exact) mass is 128 g/mol. The average molecular weight is 128 g/mol. The highest BCUT2D eigenvalue weighted by Gasteiger charge is 1.94. The van der Waals surface area contributed by atoms with Crippen molar-refractivity contribution >= 4 is 0 Å². The lowest BCUT2D eigenvalue weighted by Crippen LogP contribution is -2.27. The number of aryl methyl sites for hydroxylation is 1. The van der Waals surface area contributed by atoms with Gasteiger partial charge in [0.05, 0.1) is 0 Å². The van der Waals surface area contributed by atoms with Crippen LogP contribution in [-0.2, 0) is 7.05 Å². The topological polar surface area (TPSA) is 51.9 Å². The van der Waals surface area contributed by atoms with Gasteiger partial charge in [-0.05, 0) is 0 Å². The molecule has 5 nitrogen and oxygen atoms in total. The van der Waals surface area contributed by atoms with E-state index in [2.05, 4.69) is 10.5 Å². The minimum atomic E-state index is -0.169. The van der Waals surface area contributed by atoms with Crippen LogP contribution in [0.5, 0.6) is 0 Å². The average Bonchev–Trinajstić information content (AvgIpc) is 2.15. The van der Waals surface area contributed by atoms with E-state index in [0.29, 0.717) is 0 Å². The smallest absolute Gasteiger partial charge is 0.324 e. The van der Waals surface area contributed by atoms with Crippen molar-refractivity contribution in [1.82, 2.24) is 14.5 Å². The first kappa shape index (κ1) is 5.87. The van der Waals surface area contributed by atoms with Gasteiger partial charge in [0.2, 0.25) is 0 Å². The molecule has 5 heteroatoms. The summed E-state index contributed by atoms with van der Waals surface area (Å²) in [5.41, 5.74) is 2.47. The molecule has 0 aliphatic rings. The van der Waals surface area contributed by atoms with Gasteiger partial charge in [-0.25, -0.2) is 9.48 Å². The first-order valence-corrected chi connectivity index (χ1v) is 2.54. The fourth-order valence-electron chi connectivity index (χ4n) is 0.537. The van der Waals surface area contributed by atoms with E-state index in [-0.39, 0.29) is 5.69 Å². The van der Waals surface area contributed by atoms with Crippen LogP contribution < -0.4 is 11.1 Å². The Morgan fingerprint density at radius 1 is 1.78 bits per heavy atom. The molecular weight excluding hydrogens is 120 g/mol. The summed E-state index contributed by atoms with van der Waals surface area (Å²) >= 11 is 0. The highest BCUT2D eigenvalue weighted by molar-refractivity contribution is 4.69. The van der Waals surface area contributed by atoms with E-state index in [1.807, 2.05) is 0 Å². The zero-order chi connectivity index (χ0) is 6.85. The van der Waals surface area contributed by atoms with Crippen LogP contribution in [0, 0.1) is 0 Å². The fourth-order valence-corrected chi connectivity index (χ4v) is 0.537. The van der Waals surface area contributed by atoms with Crippen molar-refractivity contribution < 1.29 is 0 Å². The standard InChI is InChI=1S/C4H8N4O/c1-5-8-3-6-7(2)4(8)9/h3,5H,1-2H3. The Labute approximate surface area is 51.9 Å². The Bertz CT molecular complexity index is 247. The molecule has 0 saturated carbocycles. The van der Waals surface area contributed by atoms with Crippen molar-refractivity contribution in [3.05, 3.63) is 16.8 Å². The Balaban J connectivity index is 3.20. The van der Waals surface area contributed by atoms with Gasteiger partial charge in [0, 0.05) is 14.1 Å². The first-order chi connectivity index (χ1) is 4.25. The summed E-state index contributed by atoms with van der Waals surface area (Å²) in [6.45, 7) is 0. The molecule has 1 rings (SSSR count). The van der Waals surface area contributed by atoms with E-state index in [9.17, 15) is 4.79 Å². The third-order valence-corrected chi connectivity index (χ3v) is 1.06. The highest BCUT2D eigenvalue weighted by Crippen LogP contribution is 1.65. The summed E-state index contributed by atoms with van der Waals surface area (Å²) in [4.78, 5) is 10.8. The SMILES string of the molecule is CNn1cnn(C)c1=O. The summed E-state index contributed by atoms with van der Waals surface area (Å²) in [5, 5.41) is 3.69. The van der Waals surface area contributed by atoms with E-state index < -0.39 is 0 Å². The molecule has 0 radical (unpaired) electrons. The Morgan fingerprint density at radius 2 is 2.44 bits per heavy atom. The summed E-state index contributed by atoms with van der Waals surface area (Å²) in [5.74, 6) is 0. The van der Waals surface area contributed by atoms with Crippen molar-refractivity contribution in [2.45, 2.75) is 0 Å². The highest BCUT2D eigenvalue weighted by atomic mass is 16.2. The third kappa shape index (κ3) is 0.802. The minimum absolute atomic E-state index is 0.169. The second kappa shape index (κ2) is 1.93. The van der Waals surface area contributed by atoms with Crippen molar-refractivity contribution in [1.29, 1.82) is 0 Å². The molecule has 1 aromatic rings. The number of nitrogens with one attached hydrogen (secondary N) is 1. The molecule has 0 aliphatic carbocycles. The number of rotatable bonds is 1. The zero-order valence-corrected chi connectivity index (χ0v) is 5.33. The lowest BCUT2D eigenvalue weighted by atomic mass is 11.1. The Kier molecular flexibility index (Phi) is 1.26. The maximum absolute atomic E-state index is 10.8. The van der Waals surface area contributed by atoms with E-state index in [4.69, 9.17) is 0 Å². The summed E-state index contributed by atoms with van der Waals surface area (Å²) in [7, 11) is 3.25. The van der Waals surface area contributed by atoms with Gasteiger partial charge in [0.1, 0.15) is 6.33 Å². The van der Waals surface area contributed by atoms with Gasteiger partial charge in [-0.3, -0.25) is 0 Å². The molecular formula is C4H8N4O. The van der Waals surface area contributed by atoms with Gasteiger partial charge in [0.15, 0.2) is 0 Å². The van der Waals surface area contributed by atoms with Crippen LogP contribution in [0.1, 0.15) is 0 Å². The number of hydrogen-bond acceptors (Lipinski definition) is 3. The first-order valence-electron chi connectivity index (χ1n) is 2.54. The summed E-state index contributed by atoms with van der Waals surface area (Å²) in [6.07, 6.45) is 1.42. The van der Waals surface area contributed by atoms with Crippen molar-refractivity contribution in [3.63, 3.8) is 0 Å². The lowest BCUT2D eigenvalue weighted by molar-refractivity contribution is 0.716. The van der Waals surface area contributed by atoms with E-state index in [1.54, 1.807) is 14.1 Å². The Morgan fingerprint density at radius 3 is 2.67 bits per heavy atom. The quantitative estimate of drug-likeness (QED) is 0.514. The van der Waals surface area contributed by atoms with E-state index in [1.165, 1.54) is 15.7 Å². The summed E-state index contributed by atoms with van der Waals surface area (Å²) in [6, 6.07) is 0. The molecule has 1 N–H and O–H groups in total. The van der Waals surface area contributed by atoms with E-state index in [0.717, 1.165) is 0 Å². The van der Waals surface area contributed by atoms with Gasteiger partial charge < -0.3 is 5.43 Å². The van der Waals surface area contributed by atoms with Crippen LogP contribution in [0.2, 0.25) is 0 Å². The Hall–Kier alpha value is -1.26.